The van der Waals surface area contributed by atoms with Gasteiger partial charge < -0.3 is 52.1 Å². The van der Waals surface area contributed by atoms with Gasteiger partial charge in [0.25, 0.3) is 0 Å². The van der Waals surface area contributed by atoms with E-state index in [1.54, 1.807) is 18.2 Å². The van der Waals surface area contributed by atoms with Gasteiger partial charge in [0.15, 0.2) is 46.7 Å². The van der Waals surface area contributed by atoms with Crippen LogP contribution in [0, 0.1) is 0 Å². The van der Waals surface area contributed by atoms with Gasteiger partial charge in [-0.3, -0.25) is 28.8 Å². The summed E-state index contributed by atoms with van der Waals surface area (Å²) in [4.78, 5) is 72.7. The van der Waals surface area contributed by atoms with Crippen LogP contribution in [0.2, 0.25) is 0 Å². The van der Waals surface area contributed by atoms with Crippen LogP contribution in [0.25, 0.3) is 0 Å². The average molecular weight is 799 g/mol. The topological polar surface area (TPSA) is 204 Å². The highest BCUT2D eigenvalue weighted by Crippen LogP contribution is 2.44. The molecule has 57 heavy (non-hydrogen) atoms. The van der Waals surface area contributed by atoms with E-state index in [4.69, 9.17) is 52.1 Å². The Morgan fingerprint density at radius 1 is 0.456 bits per heavy atom. The summed E-state index contributed by atoms with van der Waals surface area (Å²) in [6.07, 6.45) is -3.63. The molecule has 3 aromatic rings. The van der Waals surface area contributed by atoms with Crippen molar-refractivity contribution in [2.75, 3.05) is 41.7 Å². The van der Waals surface area contributed by atoms with Crippen molar-refractivity contribution in [3.63, 3.8) is 0 Å². The molecule has 0 fully saturated rings. The zero-order chi connectivity index (χ0) is 42.4. The molecule has 0 saturated carbocycles. The minimum Gasteiger partial charge on any atom is -0.493 e. The van der Waals surface area contributed by atoms with Gasteiger partial charge in [-0.2, -0.15) is 0 Å². The molecule has 0 aliphatic rings. The highest BCUT2D eigenvalue weighted by molar-refractivity contribution is 5.73. The van der Waals surface area contributed by atoms with Gasteiger partial charge in [0.1, 0.15) is 19.3 Å². The van der Waals surface area contributed by atoms with Crippen LogP contribution in [0.1, 0.15) is 76.4 Å². The van der Waals surface area contributed by atoms with E-state index in [1.807, 2.05) is 0 Å². The van der Waals surface area contributed by atoms with Crippen LogP contribution < -0.4 is 33.2 Å². The Hall–Kier alpha value is -6.52. The summed E-state index contributed by atoms with van der Waals surface area (Å²) in [6.45, 7) is 6.57. The summed E-state index contributed by atoms with van der Waals surface area (Å²) in [6, 6.07) is 12.1. The van der Waals surface area contributed by atoms with Crippen LogP contribution in [0.15, 0.2) is 48.5 Å². The number of hydrogen-bond acceptors (Lipinski definition) is 17. The Kier molecular flexibility index (Phi) is 16.5. The second-order valence-corrected chi connectivity index (χ2v) is 12.2. The molecule has 0 amide bonds. The van der Waals surface area contributed by atoms with Crippen LogP contribution in [0.5, 0.6) is 40.2 Å². The molecule has 0 bridgehead atoms. The molecule has 0 aliphatic heterocycles. The molecule has 4 unspecified atom stereocenters. The van der Waals surface area contributed by atoms with Crippen molar-refractivity contribution in [3.05, 3.63) is 65.2 Å². The second-order valence-electron chi connectivity index (χ2n) is 12.2. The van der Waals surface area contributed by atoms with Gasteiger partial charge in [0.2, 0.25) is 5.75 Å². The van der Waals surface area contributed by atoms with Gasteiger partial charge >= 0.3 is 35.8 Å². The fraction of sp³-hybridized carbons (Fsp3) is 0.400. The third kappa shape index (κ3) is 12.8. The highest BCUT2D eigenvalue weighted by Gasteiger charge is 2.35. The van der Waals surface area contributed by atoms with E-state index in [2.05, 4.69) is 0 Å². The first-order valence-electron chi connectivity index (χ1n) is 17.3. The molecule has 0 N–H and O–H groups in total. The lowest BCUT2D eigenvalue weighted by Gasteiger charge is -2.30. The van der Waals surface area contributed by atoms with E-state index in [0.717, 1.165) is 0 Å². The fourth-order valence-electron chi connectivity index (χ4n) is 5.63. The third-order valence-corrected chi connectivity index (χ3v) is 7.93. The zero-order valence-electron chi connectivity index (χ0n) is 33.3. The summed E-state index contributed by atoms with van der Waals surface area (Å²) < 4.78 is 61.3. The Labute approximate surface area is 329 Å². The molecule has 0 aromatic heterocycles. The Morgan fingerprint density at radius 3 is 1.42 bits per heavy atom. The summed E-state index contributed by atoms with van der Waals surface area (Å²) in [7, 11) is 5.40. The zero-order valence-corrected chi connectivity index (χ0v) is 33.3. The van der Waals surface area contributed by atoms with E-state index in [-0.39, 0.29) is 52.4 Å². The van der Waals surface area contributed by atoms with Gasteiger partial charge in [-0.15, -0.1) is 0 Å². The van der Waals surface area contributed by atoms with E-state index < -0.39 is 66.7 Å². The van der Waals surface area contributed by atoms with E-state index in [1.165, 1.54) is 100 Å². The van der Waals surface area contributed by atoms with Gasteiger partial charge in [-0.25, -0.2) is 0 Å². The van der Waals surface area contributed by atoms with Crippen molar-refractivity contribution in [2.24, 2.45) is 0 Å². The number of benzene rings is 3. The number of methoxy groups -OCH3 is 4. The molecule has 17 nitrogen and oxygen atoms in total. The standard InChI is InChI=1S/C40H46O17/c1-21(41)51-19-30(27-11-13-31(53-23(3)43)33(15-27)47-7)38(54-24(4)44)28-12-14-32(34(16-28)48-8)57-37(20-52-22(2)42)39(55-25(5)45)29-17-35(49-9)40(56-26(6)46)36(18-29)50-10/h11-18,30,37-39H,19-20H2,1-10H3. The number of ether oxygens (including phenoxy) is 11. The summed E-state index contributed by atoms with van der Waals surface area (Å²) in [5.41, 5.74) is 1.12. The van der Waals surface area contributed by atoms with E-state index >= 15 is 0 Å². The minimum absolute atomic E-state index is 0.0272. The molecule has 3 aromatic carbocycles. The lowest BCUT2D eigenvalue weighted by atomic mass is 9.89. The van der Waals surface area contributed by atoms with Crippen molar-refractivity contribution in [1.29, 1.82) is 0 Å². The molecule has 0 aliphatic carbocycles. The van der Waals surface area contributed by atoms with E-state index in [9.17, 15) is 28.8 Å². The maximum Gasteiger partial charge on any atom is 0.308 e. The molecule has 0 saturated heterocycles. The Morgan fingerprint density at radius 2 is 0.912 bits per heavy atom. The van der Waals surface area contributed by atoms with Crippen molar-refractivity contribution < 1.29 is 80.9 Å². The molecule has 0 heterocycles. The van der Waals surface area contributed by atoms with Gasteiger partial charge in [-0.1, -0.05) is 12.1 Å². The van der Waals surface area contributed by atoms with Crippen molar-refractivity contribution in [1.82, 2.24) is 0 Å². The number of hydrogen-bond donors (Lipinski definition) is 0. The predicted molar refractivity (Wildman–Crippen MR) is 198 cm³/mol. The van der Waals surface area contributed by atoms with Crippen LogP contribution in [0.4, 0.5) is 0 Å². The summed E-state index contributed by atoms with van der Waals surface area (Å²) in [5, 5.41) is 0. The number of carbonyl (C=O) groups excluding carboxylic acids is 6. The first-order valence-corrected chi connectivity index (χ1v) is 17.3. The number of carbonyl (C=O) groups is 6. The lowest BCUT2D eigenvalue weighted by Crippen LogP contribution is -2.34. The van der Waals surface area contributed by atoms with Crippen LogP contribution >= 0.6 is 0 Å². The third-order valence-electron chi connectivity index (χ3n) is 7.93. The SMILES string of the molecule is COc1cc(C(COC(C)=O)C(OC(C)=O)c2ccc(OC(COC(C)=O)C(OC(C)=O)c3cc(OC)c(OC(C)=O)c(OC)c3)c(OC)c2)ccc1OC(C)=O. The normalized spacial score (nSPS) is 12.7. The molecular weight excluding hydrogens is 752 g/mol. The maximum absolute atomic E-state index is 12.6. The second kappa shape index (κ2) is 21.0. The average Bonchev–Trinajstić information content (AvgIpc) is 3.14. The molecule has 308 valence electrons. The molecule has 17 heteroatoms. The van der Waals surface area contributed by atoms with Crippen molar-refractivity contribution in [2.45, 2.75) is 65.8 Å². The minimum atomic E-state index is -1.28. The Bertz CT molecular complexity index is 1910. The predicted octanol–water partition coefficient (Wildman–Crippen LogP) is 5.14. The van der Waals surface area contributed by atoms with Crippen molar-refractivity contribution >= 4 is 35.8 Å². The lowest BCUT2D eigenvalue weighted by molar-refractivity contribution is -0.157. The molecule has 0 spiro atoms. The maximum atomic E-state index is 12.6. The van der Waals surface area contributed by atoms with Crippen LogP contribution in [0.3, 0.4) is 0 Å². The quantitative estimate of drug-likeness (QED) is 0.0875. The fourth-order valence-corrected chi connectivity index (χ4v) is 5.63. The van der Waals surface area contributed by atoms with Crippen molar-refractivity contribution in [3.8, 4) is 40.2 Å². The molecule has 0 radical (unpaired) electrons. The molecule has 4 atom stereocenters. The number of rotatable bonds is 19. The van der Waals surface area contributed by atoms with Gasteiger partial charge in [-0.05, 0) is 47.5 Å². The number of esters is 6. The molecular formula is C40H46O17. The smallest absolute Gasteiger partial charge is 0.308 e. The largest absolute Gasteiger partial charge is 0.493 e. The first kappa shape index (κ1) is 44.9. The summed E-state index contributed by atoms with van der Waals surface area (Å²) >= 11 is 0. The van der Waals surface area contributed by atoms with Crippen LogP contribution in [-0.4, -0.2) is 83.6 Å². The monoisotopic (exact) mass is 798 g/mol. The van der Waals surface area contributed by atoms with Gasteiger partial charge in [0, 0.05) is 47.1 Å². The Balaban J connectivity index is 2.19. The highest BCUT2D eigenvalue weighted by atomic mass is 16.6. The first-order chi connectivity index (χ1) is 27.0. The van der Waals surface area contributed by atoms with E-state index in [0.29, 0.717) is 11.1 Å². The van der Waals surface area contributed by atoms with Crippen LogP contribution in [-0.2, 0) is 47.7 Å². The molecule has 3 rings (SSSR count). The van der Waals surface area contributed by atoms with Gasteiger partial charge in [0.05, 0.1) is 34.4 Å². The summed E-state index contributed by atoms with van der Waals surface area (Å²) in [5.74, 6) is -4.08.